The van der Waals surface area contributed by atoms with E-state index in [0.717, 1.165) is 19.4 Å². The Bertz CT molecular complexity index is 89.7. The number of nitrogens with two attached hydrogens (primary N) is 1. The van der Waals surface area contributed by atoms with Gasteiger partial charge in [0.2, 0.25) is 0 Å². The van der Waals surface area contributed by atoms with Gasteiger partial charge < -0.3 is 10.8 Å². The van der Waals surface area contributed by atoms with E-state index in [1.165, 1.54) is 12.8 Å². The minimum atomic E-state index is -0.0476. The number of hydrogen-bond donors (Lipinski definition) is 2. The normalized spacial score (nSPS) is 31.8. The number of aliphatic hydroxyl groups is 1. The Balaban J connectivity index is 0.000000810. The van der Waals surface area contributed by atoms with Gasteiger partial charge in [0.05, 0.1) is 6.10 Å². The quantitative estimate of drug-likeness (QED) is 0.639. The van der Waals surface area contributed by atoms with Gasteiger partial charge in [-0.05, 0) is 31.7 Å². The molecule has 0 radical (unpaired) electrons. The van der Waals surface area contributed by atoms with Crippen molar-refractivity contribution in [3.8, 4) is 0 Å². The number of halogens is 1. The molecule has 0 aromatic rings. The molecule has 0 bridgehead atoms. The molecule has 3 heteroatoms. The Morgan fingerprint density at radius 3 is 2.50 bits per heavy atom. The Morgan fingerprint density at radius 2 is 2.10 bits per heavy atom. The summed E-state index contributed by atoms with van der Waals surface area (Å²) in [4.78, 5) is 0. The molecule has 1 rings (SSSR count). The van der Waals surface area contributed by atoms with Gasteiger partial charge >= 0.3 is 0 Å². The van der Waals surface area contributed by atoms with Gasteiger partial charge in [-0.3, -0.25) is 0 Å². The van der Waals surface area contributed by atoms with Crippen LogP contribution in [-0.4, -0.2) is 17.8 Å². The molecule has 2 atom stereocenters. The maximum absolute atomic E-state index is 9.26. The van der Waals surface area contributed by atoms with Crippen molar-refractivity contribution >= 4 is 12.4 Å². The van der Waals surface area contributed by atoms with Gasteiger partial charge in [-0.25, -0.2) is 0 Å². The molecule has 2 nitrogen and oxygen atoms in total. The number of hydrogen-bond acceptors (Lipinski definition) is 2. The van der Waals surface area contributed by atoms with Crippen LogP contribution in [0, 0.1) is 5.92 Å². The van der Waals surface area contributed by atoms with Gasteiger partial charge in [-0.1, -0.05) is 6.42 Å². The fraction of sp³-hybridized carbons (Fsp3) is 1.00. The van der Waals surface area contributed by atoms with E-state index in [2.05, 4.69) is 0 Å². The van der Waals surface area contributed by atoms with Crippen molar-refractivity contribution in [2.45, 2.75) is 31.8 Å². The third-order valence-corrected chi connectivity index (χ3v) is 2.16. The van der Waals surface area contributed by atoms with Crippen LogP contribution in [0.1, 0.15) is 25.7 Å². The van der Waals surface area contributed by atoms with E-state index in [-0.39, 0.29) is 18.5 Å². The summed E-state index contributed by atoms with van der Waals surface area (Å²) in [6.45, 7) is 0.724. The standard InChI is InChI=1S/C7H15NO.ClH/c8-5-4-6-2-1-3-7(6)9;/h6-7,9H,1-5,8H2;1H/t6-,7-;/m1./s1. The summed E-state index contributed by atoms with van der Waals surface area (Å²) in [5.74, 6) is 0.509. The van der Waals surface area contributed by atoms with E-state index in [1.807, 2.05) is 0 Å². The van der Waals surface area contributed by atoms with E-state index < -0.39 is 0 Å². The van der Waals surface area contributed by atoms with E-state index in [4.69, 9.17) is 5.73 Å². The highest BCUT2D eigenvalue weighted by atomic mass is 35.5. The van der Waals surface area contributed by atoms with Crippen LogP contribution in [0.4, 0.5) is 0 Å². The average molecular weight is 166 g/mol. The molecule has 1 aliphatic carbocycles. The van der Waals surface area contributed by atoms with Crippen LogP contribution >= 0.6 is 12.4 Å². The Morgan fingerprint density at radius 1 is 1.40 bits per heavy atom. The zero-order chi connectivity index (χ0) is 6.69. The molecule has 0 unspecified atom stereocenters. The predicted molar refractivity (Wildman–Crippen MR) is 44.3 cm³/mol. The average Bonchev–Trinajstić information content (AvgIpc) is 2.18. The second-order valence-electron chi connectivity index (χ2n) is 2.84. The van der Waals surface area contributed by atoms with Gasteiger partial charge in [0.1, 0.15) is 0 Å². The topological polar surface area (TPSA) is 46.2 Å². The van der Waals surface area contributed by atoms with Crippen LogP contribution in [0.25, 0.3) is 0 Å². The van der Waals surface area contributed by atoms with Gasteiger partial charge in [0, 0.05) is 0 Å². The molecular formula is C7H16ClNO. The minimum Gasteiger partial charge on any atom is -0.393 e. The minimum absolute atomic E-state index is 0. The molecule has 0 amide bonds. The zero-order valence-corrected chi connectivity index (χ0v) is 6.94. The summed E-state index contributed by atoms with van der Waals surface area (Å²) in [5, 5.41) is 9.26. The molecule has 10 heavy (non-hydrogen) atoms. The smallest absolute Gasteiger partial charge is 0.0568 e. The first-order valence-corrected chi connectivity index (χ1v) is 3.72. The van der Waals surface area contributed by atoms with Crippen molar-refractivity contribution in [1.29, 1.82) is 0 Å². The van der Waals surface area contributed by atoms with Crippen LogP contribution in [0.5, 0.6) is 0 Å². The van der Waals surface area contributed by atoms with E-state index in [1.54, 1.807) is 0 Å². The molecule has 0 aliphatic heterocycles. The molecule has 3 N–H and O–H groups in total. The fourth-order valence-electron chi connectivity index (χ4n) is 1.57. The van der Waals surface area contributed by atoms with Gasteiger partial charge in [-0.15, -0.1) is 12.4 Å². The summed E-state index contributed by atoms with van der Waals surface area (Å²) in [5.41, 5.74) is 5.36. The monoisotopic (exact) mass is 165 g/mol. The van der Waals surface area contributed by atoms with Crippen LogP contribution in [0.3, 0.4) is 0 Å². The second-order valence-corrected chi connectivity index (χ2v) is 2.84. The van der Waals surface area contributed by atoms with E-state index >= 15 is 0 Å². The third-order valence-electron chi connectivity index (χ3n) is 2.16. The van der Waals surface area contributed by atoms with Crippen molar-refractivity contribution in [3.05, 3.63) is 0 Å². The molecule has 0 spiro atoms. The molecule has 1 aliphatic rings. The molecule has 1 saturated carbocycles. The molecule has 62 valence electrons. The third kappa shape index (κ3) is 2.45. The SMILES string of the molecule is Cl.NCC[C@H]1CCC[C@H]1O. The largest absolute Gasteiger partial charge is 0.393 e. The molecular weight excluding hydrogens is 150 g/mol. The summed E-state index contributed by atoms with van der Waals surface area (Å²) in [6.07, 6.45) is 4.31. The zero-order valence-electron chi connectivity index (χ0n) is 6.12. The first-order chi connectivity index (χ1) is 4.34. The van der Waals surface area contributed by atoms with Crippen molar-refractivity contribution < 1.29 is 5.11 Å². The Kier molecular flexibility index (Phi) is 5.04. The lowest BCUT2D eigenvalue weighted by Gasteiger charge is -2.11. The number of aliphatic hydroxyl groups excluding tert-OH is 1. The van der Waals surface area contributed by atoms with Gasteiger partial charge in [-0.2, -0.15) is 0 Å². The fourth-order valence-corrected chi connectivity index (χ4v) is 1.57. The first-order valence-electron chi connectivity index (χ1n) is 3.72. The Labute approximate surface area is 68.2 Å². The van der Waals surface area contributed by atoms with Crippen molar-refractivity contribution in [3.63, 3.8) is 0 Å². The van der Waals surface area contributed by atoms with Gasteiger partial charge in [0.15, 0.2) is 0 Å². The highest BCUT2D eigenvalue weighted by Crippen LogP contribution is 2.27. The molecule has 1 fully saturated rings. The van der Waals surface area contributed by atoms with E-state index in [0.29, 0.717) is 5.92 Å². The van der Waals surface area contributed by atoms with Crippen molar-refractivity contribution in [2.24, 2.45) is 11.7 Å². The summed E-state index contributed by atoms with van der Waals surface area (Å²) in [7, 11) is 0. The second kappa shape index (κ2) is 4.94. The van der Waals surface area contributed by atoms with Crippen LogP contribution in [0.2, 0.25) is 0 Å². The van der Waals surface area contributed by atoms with Crippen LogP contribution in [-0.2, 0) is 0 Å². The van der Waals surface area contributed by atoms with Crippen LogP contribution < -0.4 is 5.73 Å². The number of rotatable bonds is 2. The molecule has 0 heterocycles. The molecule has 0 aromatic heterocycles. The predicted octanol–water partition coefficient (Wildman–Crippen LogP) is 0.918. The van der Waals surface area contributed by atoms with E-state index in [9.17, 15) is 5.11 Å². The highest BCUT2D eigenvalue weighted by molar-refractivity contribution is 5.85. The highest BCUT2D eigenvalue weighted by Gasteiger charge is 2.23. The van der Waals surface area contributed by atoms with Crippen LogP contribution in [0.15, 0.2) is 0 Å². The lowest BCUT2D eigenvalue weighted by molar-refractivity contribution is 0.129. The first kappa shape index (κ1) is 10.2. The lowest BCUT2D eigenvalue weighted by Crippen LogP contribution is -2.16. The maximum atomic E-state index is 9.26. The molecule has 0 aromatic carbocycles. The van der Waals surface area contributed by atoms with Crippen molar-refractivity contribution in [2.75, 3.05) is 6.54 Å². The maximum Gasteiger partial charge on any atom is 0.0568 e. The van der Waals surface area contributed by atoms with Gasteiger partial charge in [0.25, 0.3) is 0 Å². The Hall–Kier alpha value is 0.210. The lowest BCUT2D eigenvalue weighted by atomic mass is 10.0. The summed E-state index contributed by atoms with van der Waals surface area (Å²) in [6, 6.07) is 0. The summed E-state index contributed by atoms with van der Waals surface area (Å²) < 4.78 is 0. The summed E-state index contributed by atoms with van der Waals surface area (Å²) >= 11 is 0. The molecule has 0 saturated heterocycles. The van der Waals surface area contributed by atoms with Crippen molar-refractivity contribution in [1.82, 2.24) is 0 Å².